The second-order valence-corrected chi connectivity index (χ2v) is 8.82. The van der Waals surface area contributed by atoms with Gasteiger partial charge in [0, 0.05) is 21.6 Å². The van der Waals surface area contributed by atoms with Crippen LogP contribution >= 0.6 is 8.58 Å². The standard InChI is InChI=1S/C18H25O2P/c1-5-6-9-14-15(19)12-10-7-8-11-13(12)16(20)17(14)21-18(2,3)4/h7-8,10-11,19-21H,5-6,9H2,1-4H3. The van der Waals surface area contributed by atoms with Gasteiger partial charge in [0.15, 0.2) is 0 Å². The zero-order valence-electron chi connectivity index (χ0n) is 13.3. The van der Waals surface area contributed by atoms with Gasteiger partial charge in [0.05, 0.1) is 0 Å². The highest BCUT2D eigenvalue weighted by molar-refractivity contribution is 7.49. The van der Waals surface area contributed by atoms with Crippen LogP contribution in [-0.4, -0.2) is 15.4 Å². The highest BCUT2D eigenvalue weighted by Gasteiger charge is 2.22. The number of hydrogen-bond acceptors (Lipinski definition) is 2. The molecule has 1 unspecified atom stereocenters. The molecule has 21 heavy (non-hydrogen) atoms. The lowest BCUT2D eigenvalue weighted by Gasteiger charge is -2.23. The van der Waals surface area contributed by atoms with Gasteiger partial charge in [0.25, 0.3) is 0 Å². The van der Waals surface area contributed by atoms with Gasteiger partial charge in [-0.15, -0.1) is 0 Å². The fraction of sp³-hybridized carbons (Fsp3) is 0.444. The molecule has 0 spiro atoms. The Hall–Kier alpha value is -1.27. The molecule has 3 heteroatoms. The van der Waals surface area contributed by atoms with Gasteiger partial charge in [-0.1, -0.05) is 67.0 Å². The summed E-state index contributed by atoms with van der Waals surface area (Å²) in [5.41, 5.74) is 0.932. The number of unbranched alkanes of at least 4 members (excludes halogenated alkanes) is 1. The Morgan fingerprint density at radius 3 is 2.10 bits per heavy atom. The van der Waals surface area contributed by atoms with Gasteiger partial charge in [-0.2, -0.15) is 0 Å². The number of fused-ring (bicyclic) bond motifs is 1. The molecule has 0 amide bonds. The van der Waals surface area contributed by atoms with Crippen molar-refractivity contribution in [2.75, 3.05) is 0 Å². The van der Waals surface area contributed by atoms with E-state index in [9.17, 15) is 10.2 Å². The molecule has 0 aliphatic heterocycles. The zero-order chi connectivity index (χ0) is 15.6. The van der Waals surface area contributed by atoms with Crippen molar-refractivity contribution in [1.82, 2.24) is 0 Å². The lowest BCUT2D eigenvalue weighted by atomic mass is 10.0. The van der Waals surface area contributed by atoms with Crippen molar-refractivity contribution in [3.8, 4) is 11.5 Å². The summed E-state index contributed by atoms with van der Waals surface area (Å²) in [6, 6.07) is 7.56. The maximum Gasteiger partial charge on any atom is 0.131 e. The molecular weight excluding hydrogens is 279 g/mol. The van der Waals surface area contributed by atoms with Gasteiger partial charge in [0.2, 0.25) is 0 Å². The Morgan fingerprint density at radius 1 is 1.00 bits per heavy atom. The first-order valence-electron chi connectivity index (χ1n) is 7.59. The molecule has 0 bridgehead atoms. The number of hydrogen-bond donors (Lipinski definition) is 2. The van der Waals surface area contributed by atoms with Crippen LogP contribution in [-0.2, 0) is 6.42 Å². The van der Waals surface area contributed by atoms with Gasteiger partial charge < -0.3 is 10.2 Å². The second-order valence-electron chi connectivity index (χ2n) is 6.57. The SMILES string of the molecule is CCCCc1c(PC(C)(C)C)c(O)c2ccccc2c1O. The molecule has 1 atom stereocenters. The lowest BCUT2D eigenvalue weighted by Crippen LogP contribution is -2.16. The molecule has 2 nitrogen and oxygen atoms in total. The second kappa shape index (κ2) is 6.23. The van der Waals surface area contributed by atoms with E-state index in [1.54, 1.807) is 0 Å². The van der Waals surface area contributed by atoms with Crippen LogP contribution in [0.15, 0.2) is 24.3 Å². The fourth-order valence-corrected chi connectivity index (χ4v) is 3.96. The molecule has 0 aromatic heterocycles. The average Bonchev–Trinajstić information content (AvgIpc) is 2.43. The van der Waals surface area contributed by atoms with Gasteiger partial charge in [-0.05, 0) is 18.0 Å². The van der Waals surface area contributed by atoms with Crippen LogP contribution in [0.1, 0.15) is 46.1 Å². The van der Waals surface area contributed by atoms with Crippen molar-refractivity contribution in [1.29, 1.82) is 0 Å². The van der Waals surface area contributed by atoms with Crippen molar-refractivity contribution in [2.45, 2.75) is 52.1 Å². The van der Waals surface area contributed by atoms with E-state index in [-0.39, 0.29) is 5.16 Å². The lowest BCUT2D eigenvalue weighted by molar-refractivity contribution is 0.466. The zero-order valence-corrected chi connectivity index (χ0v) is 14.3. The first-order valence-corrected chi connectivity index (χ1v) is 8.59. The minimum atomic E-state index is 0.0906. The molecule has 0 fully saturated rings. The first kappa shape index (κ1) is 16.1. The summed E-state index contributed by atoms with van der Waals surface area (Å²) in [5, 5.41) is 23.9. The molecule has 0 heterocycles. The highest BCUT2D eigenvalue weighted by Crippen LogP contribution is 2.42. The van der Waals surface area contributed by atoms with Crippen LogP contribution in [0.4, 0.5) is 0 Å². The van der Waals surface area contributed by atoms with Crippen molar-refractivity contribution in [3.05, 3.63) is 29.8 Å². The molecule has 0 aliphatic carbocycles. The molecule has 0 saturated carbocycles. The number of rotatable bonds is 4. The van der Waals surface area contributed by atoms with Crippen LogP contribution in [0.3, 0.4) is 0 Å². The van der Waals surface area contributed by atoms with E-state index >= 15 is 0 Å². The number of aromatic hydroxyl groups is 2. The molecule has 2 aromatic carbocycles. The normalized spacial score (nSPS) is 12.6. The molecule has 2 aromatic rings. The maximum atomic E-state index is 10.7. The third-order valence-electron chi connectivity index (χ3n) is 3.54. The van der Waals surface area contributed by atoms with Gasteiger partial charge in [-0.3, -0.25) is 0 Å². The Morgan fingerprint density at radius 2 is 1.57 bits per heavy atom. The third-order valence-corrected chi connectivity index (χ3v) is 5.08. The summed E-state index contributed by atoms with van der Waals surface area (Å²) in [4.78, 5) is 0. The van der Waals surface area contributed by atoms with Crippen molar-refractivity contribution >= 4 is 24.7 Å². The highest BCUT2D eigenvalue weighted by atomic mass is 31.1. The van der Waals surface area contributed by atoms with Crippen LogP contribution in [0.25, 0.3) is 10.8 Å². The van der Waals surface area contributed by atoms with Crippen LogP contribution in [0, 0.1) is 0 Å². The maximum absolute atomic E-state index is 10.7. The van der Waals surface area contributed by atoms with E-state index in [0.717, 1.165) is 40.9 Å². The Bertz CT molecular complexity index is 642. The Kier molecular flexibility index (Phi) is 4.78. The van der Waals surface area contributed by atoms with E-state index in [2.05, 4.69) is 27.7 Å². The minimum absolute atomic E-state index is 0.0906. The summed E-state index contributed by atoms with van der Waals surface area (Å²) >= 11 is 0. The summed E-state index contributed by atoms with van der Waals surface area (Å²) in [7, 11) is 0.472. The van der Waals surface area contributed by atoms with Gasteiger partial charge >= 0.3 is 0 Å². The molecule has 0 saturated heterocycles. The summed E-state index contributed by atoms with van der Waals surface area (Å²) in [5.74, 6) is 0.700. The van der Waals surface area contributed by atoms with Crippen LogP contribution in [0.2, 0.25) is 0 Å². The number of phenols is 2. The van der Waals surface area contributed by atoms with E-state index in [0.29, 0.717) is 20.1 Å². The first-order chi connectivity index (χ1) is 9.85. The van der Waals surface area contributed by atoms with E-state index in [1.807, 2.05) is 24.3 Å². The predicted molar refractivity (Wildman–Crippen MR) is 93.6 cm³/mol. The van der Waals surface area contributed by atoms with Crippen molar-refractivity contribution in [2.24, 2.45) is 0 Å². The van der Waals surface area contributed by atoms with Gasteiger partial charge in [0.1, 0.15) is 11.5 Å². The largest absolute Gasteiger partial charge is 0.507 e. The van der Waals surface area contributed by atoms with E-state index < -0.39 is 0 Å². The topological polar surface area (TPSA) is 40.5 Å². The van der Waals surface area contributed by atoms with Crippen LogP contribution < -0.4 is 5.30 Å². The number of phenolic OH excluding ortho intramolecular Hbond substituents is 2. The molecular formula is C18H25O2P. The van der Waals surface area contributed by atoms with E-state index in [4.69, 9.17) is 0 Å². The summed E-state index contributed by atoms with van der Waals surface area (Å²) in [6.07, 6.45) is 2.91. The Labute approximate surface area is 129 Å². The quantitative estimate of drug-likeness (QED) is 0.635. The fourth-order valence-electron chi connectivity index (χ4n) is 2.56. The summed E-state index contributed by atoms with van der Waals surface area (Å²) in [6.45, 7) is 8.64. The molecule has 114 valence electrons. The molecule has 2 rings (SSSR count). The molecule has 0 radical (unpaired) electrons. The van der Waals surface area contributed by atoms with Crippen LogP contribution in [0.5, 0.6) is 11.5 Å². The minimum Gasteiger partial charge on any atom is -0.507 e. The van der Waals surface area contributed by atoms with Crippen molar-refractivity contribution in [3.63, 3.8) is 0 Å². The summed E-state index contributed by atoms with van der Waals surface area (Å²) < 4.78 is 0. The Balaban J connectivity index is 2.69. The van der Waals surface area contributed by atoms with Gasteiger partial charge in [-0.25, -0.2) is 0 Å². The number of benzene rings is 2. The van der Waals surface area contributed by atoms with Crippen molar-refractivity contribution < 1.29 is 10.2 Å². The monoisotopic (exact) mass is 304 g/mol. The molecule has 2 N–H and O–H groups in total. The molecule has 0 aliphatic rings. The van der Waals surface area contributed by atoms with E-state index in [1.165, 1.54) is 0 Å². The predicted octanol–water partition coefficient (Wildman–Crippen LogP) is 4.70. The smallest absolute Gasteiger partial charge is 0.131 e. The average molecular weight is 304 g/mol. The third kappa shape index (κ3) is 3.49.